The number of ketones is 2. The fourth-order valence-corrected chi connectivity index (χ4v) is 8.44. The number of carbonyl (C=O) groups excluding carboxylic acids is 2. The Morgan fingerprint density at radius 3 is 2.71 bits per heavy atom. The summed E-state index contributed by atoms with van der Waals surface area (Å²) in [6.45, 7) is 3.56. The van der Waals surface area contributed by atoms with Crippen molar-refractivity contribution in [1.82, 2.24) is 0 Å². The predicted octanol–water partition coefficient (Wildman–Crippen LogP) is 3.29. The van der Waals surface area contributed by atoms with E-state index in [0.717, 1.165) is 24.0 Å². The zero-order chi connectivity index (χ0) is 23.9. The Labute approximate surface area is 199 Å². The van der Waals surface area contributed by atoms with Crippen LogP contribution in [0.5, 0.6) is 0 Å². The van der Waals surface area contributed by atoms with Crippen molar-refractivity contribution >= 4 is 11.6 Å². The van der Waals surface area contributed by atoms with Crippen molar-refractivity contribution in [3.8, 4) is 0 Å². The molecule has 4 fully saturated rings. The number of hydrogen-bond acceptors (Lipinski definition) is 6. The van der Waals surface area contributed by atoms with Crippen LogP contribution in [0.25, 0.3) is 0 Å². The second kappa shape index (κ2) is 7.44. The van der Waals surface area contributed by atoms with Gasteiger partial charge in [0, 0.05) is 22.3 Å². The molecule has 6 nitrogen and oxygen atoms in total. The van der Waals surface area contributed by atoms with E-state index in [1.54, 1.807) is 12.2 Å². The summed E-state index contributed by atoms with van der Waals surface area (Å²) in [5.74, 6) is -0.136. The number of carbonyl (C=O) groups is 2. The lowest BCUT2D eigenvalue weighted by Crippen LogP contribution is -2.63. The highest BCUT2D eigenvalue weighted by Gasteiger charge is 2.75. The first kappa shape index (κ1) is 22.4. The maximum absolute atomic E-state index is 13.5. The molecule has 5 aliphatic rings. The molecule has 1 aromatic carbocycles. The fraction of sp³-hybridized carbons (Fsp3) is 0.571. The van der Waals surface area contributed by atoms with Gasteiger partial charge in [0.05, 0.1) is 12.2 Å². The van der Waals surface area contributed by atoms with Crippen LogP contribution in [0.15, 0.2) is 54.1 Å². The first-order chi connectivity index (χ1) is 16.2. The van der Waals surface area contributed by atoms with E-state index in [4.69, 9.17) is 9.47 Å². The number of aliphatic hydroxyl groups excluding tert-OH is 2. The van der Waals surface area contributed by atoms with Gasteiger partial charge in [-0.2, -0.15) is 0 Å². The topological polar surface area (TPSA) is 93.1 Å². The lowest BCUT2D eigenvalue weighted by Gasteiger charge is -2.59. The smallest absolute Gasteiger partial charge is 0.193 e. The molecule has 0 radical (unpaired) electrons. The van der Waals surface area contributed by atoms with Gasteiger partial charge in [-0.15, -0.1) is 0 Å². The van der Waals surface area contributed by atoms with Gasteiger partial charge in [-0.1, -0.05) is 55.8 Å². The third kappa shape index (κ3) is 2.71. The molecular formula is C28H32O6. The van der Waals surface area contributed by atoms with Crippen molar-refractivity contribution in [3.05, 3.63) is 59.7 Å². The summed E-state index contributed by atoms with van der Waals surface area (Å²) in [6, 6.07) is 9.57. The van der Waals surface area contributed by atoms with Gasteiger partial charge < -0.3 is 19.7 Å². The van der Waals surface area contributed by atoms with Crippen LogP contribution >= 0.6 is 0 Å². The molecule has 6 heteroatoms. The second-order valence-corrected chi connectivity index (χ2v) is 11.2. The summed E-state index contributed by atoms with van der Waals surface area (Å²) in [7, 11) is 0. The summed E-state index contributed by atoms with van der Waals surface area (Å²) in [5, 5.41) is 21.7. The van der Waals surface area contributed by atoms with E-state index < -0.39 is 36.1 Å². The highest BCUT2D eigenvalue weighted by Crippen LogP contribution is 2.70. The molecule has 1 heterocycles. The molecule has 6 rings (SSSR count). The molecule has 0 aromatic heterocycles. The quantitative estimate of drug-likeness (QED) is 0.713. The first-order valence-electron chi connectivity index (χ1n) is 12.4. The fourth-order valence-electron chi connectivity index (χ4n) is 8.44. The van der Waals surface area contributed by atoms with Crippen molar-refractivity contribution in [1.29, 1.82) is 0 Å². The van der Waals surface area contributed by atoms with E-state index in [1.165, 1.54) is 0 Å². The summed E-state index contributed by atoms with van der Waals surface area (Å²) < 4.78 is 13.0. The van der Waals surface area contributed by atoms with Crippen LogP contribution in [0, 0.1) is 28.6 Å². The molecule has 0 bridgehead atoms. The van der Waals surface area contributed by atoms with E-state index in [0.29, 0.717) is 12.8 Å². The minimum absolute atomic E-state index is 0.0118. The molecule has 180 valence electrons. The minimum Gasteiger partial charge on any atom is -0.393 e. The van der Waals surface area contributed by atoms with Crippen molar-refractivity contribution in [3.63, 3.8) is 0 Å². The van der Waals surface area contributed by atoms with Crippen molar-refractivity contribution < 1.29 is 29.3 Å². The van der Waals surface area contributed by atoms with Crippen LogP contribution < -0.4 is 0 Å². The molecule has 0 amide bonds. The average Bonchev–Trinajstić information content (AvgIpc) is 3.32. The van der Waals surface area contributed by atoms with Gasteiger partial charge in [0.15, 0.2) is 23.5 Å². The predicted molar refractivity (Wildman–Crippen MR) is 123 cm³/mol. The van der Waals surface area contributed by atoms with Crippen LogP contribution in [0.3, 0.4) is 0 Å². The number of rotatable bonds is 3. The van der Waals surface area contributed by atoms with Gasteiger partial charge in [0.2, 0.25) is 0 Å². The Balaban J connectivity index is 1.41. The van der Waals surface area contributed by atoms with Crippen LogP contribution in [0.4, 0.5) is 0 Å². The maximum Gasteiger partial charge on any atom is 0.193 e. The molecule has 0 spiro atoms. The Kier molecular flexibility index (Phi) is 4.89. The first-order valence-corrected chi connectivity index (χ1v) is 12.4. The van der Waals surface area contributed by atoms with E-state index in [9.17, 15) is 19.8 Å². The van der Waals surface area contributed by atoms with Crippen molar-refractivity contribution in [2.75, 3.05) is 6.61 Å². The highest BCUT2D eigenvalue weighted by atomic mass is 16.7. The van der Waals surface area contributed by atoms with Gasteiger partial charge >= 0.3 is 0 Å². The van der Waals surface area contributed by atoms with Crippen molar-refractivity contribution in [2.24, 2.45) is 28.6 Å². The van der Waals surface area contributed by atoms with Crippen molar-refractivity contribution in [2.45, 2.75) is 63.6 Å². The number of aliphatic hydroxyl groups is 2. The summed E-state index contributed by atoms with van der Waals surface area (Å²) >= 11 is 0. The Morgan fingerprint density at radius 2 is 1.97 bits per heavy atom. The summed E-state index contributed by atoms with van der Waals surface area (Å²) in [4.78, 5) is 25.5. The van der Waals surface area contributed by atoms with Gasteiger partial charge in [0.1, 0.15) is 6.61 Å². The molecule has 1 aromatic rings. The van der Waals surface area contributed by atoms with E-state index in [2.05, 4.69) is 13.8 Å². The Hall–Kier alpha value is -2.12. The molecule has 1 aliphatic heterocycles. The van der Waals surface area contributed by atoms with E-state index >= 15 is 0 Å². The third-order valence-corrected chi connectivity index (χ3v) is 9.87. The molecule has 4 aliphatic carbocycles. The van der Waals surface area contributed by atoms with Gasteiger partial charge in [-0.25, -0.2) is 0 Å². The molecule has 9 atom stereocenters. The summed E-state index contributed by atoms with van der Waals surface area (Å²) in [6.07, 6.45) is 6.21. The molecule has 3 saturated carbocycles. The number of ether oxygens (including phenoxy) is 2. The van der Waals surface area contributed by atoms with Gasteiger partial charge in [-0.3, -0.25) is 9.59 Å². The minimum atomic E-state index is -1.30. The van der Waals surface area contributed by atoms with E-state index in [-0.39, 0.29) is 34.7 Å². The average molecular weight is 465 g/mol. The van der Waals surface area contributed by atoms with Crippen LogP contribution in [0.1, 0.15) is 51.4 Å². The molecule has 1 saturated heterocycles. The lowest BCUT2D eigenvalue weighted by molar-refractivity contribution is -0.201. The monoisotopic (exact) mass is 464 g/mol. The molecule has 2 N–H and O–H groups in total. The van der Waals surface area contributed by atoms with Crippen LogP contribution in [0.2, 0.25) is 0 Å². The number of fused-ring (bicyclic) bond motifs is 7. The molecular weight excluding hydrogens is 432 g/mol. The molecule has 1 unspecified atom stereocenters. The van der Waals surface area contributed by atoms with Gasteiger partial charge in [-0.05, 0) is 49.7 Å². The Bertz CT molecular complexity index is 1090. The number of hydrogen-bond donors (Lipinski definition) is 2. The SMILES string of the molecule is C[C@]12C=CC(=O)C=C1CC[C@@H]1[C@@H]2[C@@H](O)C[C@@]2(C)[C@H]1C[C@H]1OC(c3ccccc3)O[C@]12C(=O)CO. The maximum atomic E-state index is 13.5. The van der Waals surface area contributed by atoms with Crippen LogP contribution in [-0.4, -0.2) is 46.2 Å². The normalized spacial score (nSPS) is 46.8. The molecule has 34 heavy (non-hydrogen) atoms. The standard InChI is InChI=1S/C28H32O6/c1-26-11-10-18(30)12-17(26)8-9-19-20-13-23-28(22(32)15-29,27(20,2)14-21(31)24(19)26)34-25(33-23)16-6-4-3-5-7-16/h3-7,10-12,19-21,23-25,29,31H,8-9,13-15H2,1-2H3/t19-,20-,21-,23+,24+,25?,26-,27-,28+/m0/s1. The largest absolute Gasteiger partial charge is 0.393 e. The number of Topliss-reactive ketones (excluding diaryl/α,β-unsaturated/α-hetero) is 1. The lowest BCUT2D eigenvalue weighted by atomic mass is 9.46. The Morgan fingerprint density at radius 1 is 1.21 bits per heavy atom. The number of benzene rings is 1. The van der Waals surface area contributed by atoms with Crippen LogP contribution in [-0.2, 0) is 19.1 Å². The third-order valence-electron chi connectivity index (χ3n) is 9.87. The second-order valence-electron chi connectivity index (χ2n) is 11.2. The zero-order valence-electron chi connectivity index (χ0n) is 19.6. The van der Waals surface area contributed by atoms with Gasteiger partial charge in [0.25, 0.3) is 0 Å². The summed E-state index contributed by atoms with van der Waals surface area (Å²) in [5.41, 5.74) is -0.410. The van der Waals surface area contributed by atoms with E-state index in [1.807, 2.05) is 36.4 Å². The zero-order valence-corrected chi connectivity index (χ0v) is 19.6. The highest BCUT2D eigenvalue weighted by molar-refractivity contribution is 6.01. The number of allylic oxidation sites excluding steroid dienone is 4.